The van der Waals surface area contributed by atoms with Crippen LogP contribution in [-0.4, -0.2) is 16.0 Å². The van der Waals surface area contributed by atoms with Gasteiger partial charge in [0.1, 0.15) is 10.8 Å². The van der Waals surface area contributed by atoms with Gasteiger partial charge in [-0.15, -0.1) is 11.3 Å². The van der Waals surface area contributed by atoms with Gasteiger partial charge in [0, 0.05) is 17.1 Å². The minimum atomic E-state index is -0.155. The lowest BCUT2D eigenvalue weighted by molar-refractivity contribution is 0.0950. The van der Waals surface area contributed by atoms with Gasteiger partial charge in [-0.05, 0) is 30.7 Å². The van der Waals surface area contributed by atoms with Crippen LogP contribution in [0.3, 0.4) is 0 Å². The normalized spacial score (nSPS) is 10.2. The lowest BCUT2D eigenvalue weighted by Gasteiger charge is -2.06. The number of nitrogens with zero attached hydrogens (tertiary/aromatic N) is 1. The molecule has 0 aliphatic heterocycles. The van der Waals surface area contributed by atoms with Gasteiger partial charge in [0.05, 0.1) is 6.54 Å². The number of carbonyl (C=O) groups is 1. The minimum Gasteiger partial charge on any atom is -0.508 e. The van der Waals surface area contributed by atoms with E-state index in [0.717, 1.165) is 10.6 Å². The number of thiazole rings is 1. The number of aromatic nitrogens is 1. The van der Waals surface area contributed by atoms with Crippen molar-refractivity contribution in [3.63, 3.8) is 0 Å². The second kappa shape index (κ2) is 4.97. The molecule has 0 aliphatic rings. The van der Waals surface area contributed by atoms with Crippen LogP contribution in [-0.2, 0) is 6.54 Å². The summed E-state index contributed by atoms with van der Waals surface area (Å²) in [7, 11) is 0. The molecule has 1 aromatic heterocycles. The monoisotopic (exact) mass is 248 g/mol. The van der Waals surface area contributed by atoms with E-state index in [0.29, 0.717) is 12.1 Å². The average molecular weight is 248 g/mol. The number of rotatable bonds is 3. The van der Waals surface area contributed by atoms with Crippen molar-refractivity contribution in [2.75, 3.05) is 0 Å². The summed E-state index contributed by atoms with van der Waals surface area (Å²) in [4.78, 5) is 15.9. The molecule has 4 nitrogen and oxygen atoms in total. The number of aromatic hydroxyl groups is 1. The third-order valence-electron chi connectivity index (χ3n) is 2.34. The maximum absolute atomic E-state index is 11.9. The van der Waals surface area contributed by atoms with Gasteiger partial charge in [-0.2, -0.15) is 0 Å². The summed E-state index contributed by atoms with van der Waals surface area (Å²) in [6.45, 7) is 2.22. The Labute approximate surface area is 103 Å². The number of phenolic OH excluding ortho intramolecular Hbond substituents is 1. The Balaban J connectivity index is 2.04. The first-order valence-corrected chi connectivity index (χ1v) is 6.01. The predicted octanol–water partition coefficient (Wildman–Crippen LogP) is 2.09. The average Bonchev–Trinajstić information content (AvgIpc) is 2.78. The molecule has 88 valence electrons. The Hall–Kier alpha value is -1.88. The molecule has 0 aliphatic carbocycles. The summed E-state index contributed by atoms with van der Waals surface area (Å²) < 4.78 is 0. The molecule has 0 fully saturated rings. The van der Waals surface area contributed by atoms with Crippen LogP contribution < -0.4 is 5.32 Å². The molecular weight excluding hydrogens is 236 g/mol. The van der Waals surface area contributed by atoms with Crippen molar-refractivity contribution in [3.05, 3.63) is 45.9 Å². The van der Waals surface area contributed by atoms with Crippen LogP contribution in [0.15, 0.2) is 29.8 Å². The van der Waals surface area contributed by atoms with Crippen molar-refractivity contribution in [1.82, 2.24) is 10.3 Å². The van der Waals surface area contributed by atoms with Crippen molar-refractivity contribution >= 4 is 17.2 Å². The molecule has 0 unspecified atom stereocenters. The molecule has 2 aromatic rings. The Bertz CT molecular complexity index is 523. The van der Waals surface area contributed by atoms with E-state index < -0.39 is 0 Å². The van der Waals surface area contributed by atoms with E-state index in [1.165, 1.54) is 17.4 Å². The minimum absolute atomic E-state index is 0.155. The highest BCUT2D eigenvalue weighted by Gasteiger charge is 2.09. The standard InChI is InChI=1S/C12H12N2O2S/c1-8-6-9(15)2-3-10(8)12(16)14-7-11-13-4-5-17-11/h2-6,15H,7H2,1H3,(H,14,16). The van der Waals surface area contributed by atoms with Crippen molar-refractivity contribution in [3.8, 4) is 5.75 Å². The zero-order valence-corrected chi connectivity index (χ0v) is 10.1. The van der Waals surface area contributed by atoms with Gasteiger partial charge in [0.2, 0.25) is 0 Å². The molecule has 17 heavy (non-hydrogen) atoms. The van der Waals surface area contributed by atoms with Crippen molar-refractivity contribution in [2.24, 2.45) is 0 Å². The third-order valence-corrected chi connectivity index (χ3v) is 3.12. The fourth-order valence-electron chi connectivity index (χ4n) is 1.49. The molecule has 0 bridgehead atoms. The lowest BCUT2D eigenvalue weighted by Crippen LogP contribution is -2.23. The Morgan fingerprint density at radius 2 is 2.35 bits per heavy atom. The largest absolute Gasteiger partial charge is 0.508 e. The molecule has 0 spiro atoms. The van der Waals surface area contributed by atoms with Crippen molar-refractivity contribution in [1.29, 1.82) is 0 Å². The Kier molecular flexibility index (Phi) is 3.39. The van der Waals surface area contributed by atoms with Gasteiger partial charge in [-0.25, -0.2) is 4.98 Å². The van der Waals surface area contributed by atoms with E-state index >= 15 is 0 Å². The Morgan fingerprint density at radius 1 is 1.53 bits per heavy atom. The molecule has 1 amide bonds. The smallest absolute Gasteiger partial charge is 0.251 e. The molecule has 0 radical (unpaired) electrons. The molecule has 0 saturated heterocycles. The third kappa shape index (κ3) is 2.82. The number of aryl methyl sites for hydroxylation is 1. The fourth-order valence-corrected chi connectivity index (χ4v) is 2.05. The van der Waals surface area contributed by atoms with E-state index in [4.69, 9.17) is 0 Å². The van der Waals surface area contributed by atoms with Gasteiger partial charge in [-0.1, -0.05) is 0 Å². The summed E-state index contributed by atoms with van der Waals surface area (Å²) >= 11 is 1.50. The SMILES string of the molecule is Cc1cc(O)ccc1C(=O)NCc1nccs1. The number of benzene rings is 1. The first-order valence-electron chi connectivity index (χ1n) is 5.13. The van der Waals surface area contributed by atoms with Crippen LogP contribution in [0.25, 0.3) is 0 Å². The van der Waals surface area contributed by atoms with Gasteiger partial charge in [0.15, 0.2) is 0 Å². The number of amides is 1. The zero-order valence-electron chi connectivity index (χ0n) is 9.30. The van der Waals surface area contributed by atoms with E-state index in [9.17, 15) is 9.90 Å². The predicted molar refractivity (Wildman–Crippen MR) is 66.1 cm³/mol. The number of phenols is 1. The van der Waals surface area contributed by atoms with Crippen molar-refractivity contribution < 1.29 is 9.90 Å². The Morgan fingerprint density at radius 3 is 3.00 bits per heavy atom. The highest BCUT2D eigenvalue weighted by Crippen LogP contribution is 2.15. The van der Waals surface area contributed by atoms with Crippen LogP contribution in [0.5, 0.6) is 5.75 Å². The van der Waals surface area contributed by atoms with Gasteiger partial charge in [-0.3, -0.25) is 4.79 Å². The second-order valence-corrected chi connectivity index (χ2v) is 4.59. The van der Waals surface area contributed by atoms with E-state index in [2.05, 4.69) is 10.3 Å². The number of nitrogens with one attached hydrogen (secondary N) is 1. The van der Waals surface area contributed by atoms with Gasteiger partial charge in [0.25, 0.3) is 5.91 Å². The summed E-state index contributed by atoms with van der Waals surface area (Å²) in [5, 5.41) is 14.8. The quantitative estimate of drug-likeness (QED) is 0.874. The van der Waals surface area contributed by atoms with E-state index in [-0.39, 0.29) is 11.7 Å². The van der Waals surface area contributed by atoms with Crippen molar-refractivity contribution in [2.45, 2.75) is 13.5 Å². The summed E-state index contributed by atoms with van der Waals surface area (Å²) in [5.41, 5.74) is 1.32. The molecular formula is C12H12N2O2S. The maximum atomic E-state index is 11.9. The number of hydrogen-bond acceptors (Lipinski definition) is 4. The number of carbonyl (C=O) groups excluding carboxylic acids is 1. The van der Waals surface area contributed by atoms with Gasteiger partial charge >= 0.3 is 0 Å². The van der Waals surface area contributed by atoms with Crippen LogP contribution in [0.1, 0.15) is 20.9 Å². The van der Waals surface area contributed by atoms with Crippen LogP contribution >= 0.6 is 11.3 Å². The first kappa shape index (κ1) is 11.6. The summed E-state index contributed by atoms with van der Waals surface area (Å²) in [6.07, 6.45) is 1.71. The van der Waals surface area contributed by atoms with Crippen LogP contribution in [0.4, 0.5) is 0 Å². The molecule has 2 N–H and O–H groups in total. The molecule has 2 rings (SSSR count). The topological polar surface area (TPSA) is 62.2 Å². The molecule has 0 atom stereocenters. The second-order valence-electron chi connectivity index (χ2n) is 3.61. The van der Waals surface area contributed by atoms with Crippen LogP contribution in [0.2, 0.25) is 0 Å². The molecule has 5 heteroatoms. The molecule has 1 heterocycles. The lowest BCUT2D eigenvalue weighted by atomic mass is 10.1. The number of hydrogen-bond donors (Lipinski definition) is 2. The van der Waals surface area contributed by atoms with Crippen LogP contribution in [0, 0.1) is 6.92 Å². The highest BCUT2D eigenvalue weighted by molar-refractivity contribution is 7.09. The zero-order chi connectivity index (χ0) is 12.3. The first-order chi connectivity index (χ1) is 8.16. The molecule has 0 saturated carbocycles. The van der Waals surface area contributed by atoms with E-state index in [1.54, 1.807) is 25.3 Å². The fraction of sp³-hybridized carbons (Fsp3) is 0.167. The summed E-state index contributed by atoms with van der Waals surface area (Å²) in [5.74, 6) is 0.0108. The molecule has 1 aromatic carbocycles. The summed E-state index contributed by atoms with van der Waals surface area (Å²) in [6, 6.07) is 4.69. The van der Waals surface area contributed by atoms with Gasteiger partial charge < -0.3 is 10.4 Å². The highest BCUT2D eigenvalue weighted by atomic mass is 32.1. The van der Waals surface area contributed by atoms with E-state index in [1.807, 2.05) is 5.38 Å². The maximum Gasteiger partial charge on any atom is 0.251 e.